The third-order valence-corrected chi connectivity index (χ3v) is 0.374. The van der Waals surface area contributed by atoms with Crippen LogP contribution in [0.4, 0.5) is 0 Å². The fourth-order valence-corrected chi connectivity index (χ4v) is 0.115. The van der Waals surface area contributed by atoms with Crippen molar-refractivity contribution in [2.24, 2.45) is 5.34 Å². The summed E-state index contributed by atoms with van der Waals surface area (Å²) in [5.74, 6) is 0. The molecule has 8 heteroatoms. The van der Waals surface area contributed by atoms with Gasteiger partial charge in [0.15, 0.2) is 5.34 Å². The molecular formula is H3MgNO5S. The Kier molecular flexibility index (Phi) is 5.48. The zero-order valence-electron chi connectivity index (χ0n) is 5.64. The summed E-state index contributed by atoms with van der Waals surface area (Å²) in [6, 6.07) is 0. The minimum Gasteiger partial charge on any atom is -1.00 e. The van der Waals surface area contributed by atoms with Crippen LogP contribution in [-0.2, 0) is 14.7 Å². The van der Waals surface area contributed by atoms with Crippen molar-refractivity contribution < 1.29 is 20.1 Å². The smallest absolute Gasteiger partial charge is 1.00 e. The molecule has 46 valence electrons. The summed E-state index contributed by atoms with van der Waals surface area (Å²) in [5.41, 5.74) is 0. The summed E-state index contributed by atoms with van der Waals surface area (Å²) < 4.78 is 28.8. The van der Waals surface area contributed by atoms with Gasteiger partial charge in [0.05, 0.1) is 0 Å². The van der Waals surface area contributed by atoms with E-state index in [0.29, 0.717) is 0 Å². The maximum Gasteiger partial charge on any atom is 2.00 e. The van der Waals surface area contributed by atoms with Gasteiger partial charge in [0.1, 0.15) is 0 Å². The second kappa shape index (κ2) is 4.01. The fourth-order valence-electron chi connectivity index (χ4n) is 0.0385. The first-order chi connectivity index (χ1) is 3.06. The van der Waals surface area contributed by atoms with Crippen LogP contribution >= 0.6 is 0 Å². The first-order valence-electron chi connectivity index (χ1n) is 1.05. The van der Waals surface area contributed by atoms with Gasteiger partial charge in [-0.05, 0) is 0 Å². The Hall–Kier alpha value is 0.0762. The Labute approximate surface area is 64.2 Å². The van der Waals surface area contributed by atoms with E-state index in [4.69, 9.17) is 9.46 Å². The van der Waals surface area contributed by atoms with Crippen LogP contribution < -0.4 is 0 Å². The molecule has 0 spiro atoms. The van der Waals surface area contributed by atoms with Gasteiger partial charge in [0.2, 0.25) is 0 Å². The van der Waals surface area contributed by atoms with Gasteiger partial charge in [-0.25, -0.2) is 4.28 Å². The topological polar surface area (TPSA) is 93.0 Å². The van der Waals surface area contributed by atoms with Gasteiger partial charge in [0, 0.05) is 0 Å². The SMILES string of the molecule is O=NOS(=O)(=O)O.[H-].[H-].[Mg+2]. The van der Waals surface area contributed by atoms with E-state index < -0.39 is 10.4 Å². The van der Waals surface area contributed by atoms with Crippen molar-refractivity contribution in [3.63, 3.8) is 0 Å². The Morgan fingerprint density at radius 1 is 1.62 bits per heavy atom. The molecule has 0 unspecified atom stereocenters. The minimum absolute atomic E-state index is 0. The zero-order valence-corrected chi connectivity index (χ0v) is 5.87. The molecule has 0 fully saturated rings. The molecule has 0 rings (SSSR count). The summed E-state index contributed by atoms with van der Waals surface area (Å²) in [4.78, 5) is 8.81. The average Bonchev–Trinajstić information content (AvgIpc) is 1.30. The third kappa shape index (κ3) is 9.42. The molecule has 0 saturated carbocycles. The molecule has 0 aliphatic carbocycles. The molecule has 0 bridgehead atoms. The van der Waals surface area contributed by atoms with Crippen molar-refractivity contribution in [1.82, 2.24) is 0 Å². The molecule has 0 aromatic rings. The molecule has 0 radical (unpaired) electrons. The van der Waals surface area contributed by atoms with E-state index >= 15 is 0 Å². The standard InChI is InChI=1S/Mg.HNO5S.2H/c;2-1-6-7(3,4)5;;/h;(H,3,4,5);;/q+2;;2*-1. The van der Waals surface area contributed by atoms with Crippen LogP contribution in [0.2, 0.25) is 0 Å². The molecule has 0 aromatic heterocycles. The summed E-state index contributed by atoms with van der Waals surface area (Å²) in [6.45, 7) is 0. The van der Waals surface area contributed by atoms with E-state index in [-0.39, 0.29) is 25.9 Å². The molecule has 0 heterocycles. The summed E-state index contributed by atoms with van der Waals surface area (Å²) in [6.07, 6.45) is 0. The number of rotatable bonds is 2. The number of hydrogen-bond donors (Lipinski definition) is 1. The Balaban J connectivity index is -0.0000000600. The molecular weight excluding hydrogens is 150 g/mol. The molecule has 0 aliphatic rings. The van der Waals surface area contributed by atoms with Gasteiger partial charge in [-0.1, -0.05) is 0 Å². The molecule has 0 saturated heterocycles. The van der Waals surface area contributed by atoms with Crippen molar-refractivity contribution in [3.8, 4) is 0 Å². The molecule has 0 aromatic carbocycles. The Morgan fingerprint density at radius 2 is 2.00 bits per heavy atom. The van der Waals surface area contributed by atoms with Crippen LogP contribution in [0.15, 0.2) is 5.34 Å². The van der Waals surface area contributed by atoms with Crippen molar-refractivity contribution in [2.75, 3.05) is 0 Å². The average molecular weight is 153 g/mol. The number of nitrogens with zero attached hydrogens (tertiary/aromatic N) is 1. The summed E-state index contributed by atoms with van der Waals surface area (Å²) in [5, 5.41) is 1.42. The van der Waals surface area contributed by atoms with E-state index in [2.05, 4.69) is 4.28 Å². The zero-order chi connectivity index (χ0) is 5.91. The van der Waals surface area contributed by atoms with Gasteiger partial charge < -0.3 is 2.85 Å². The van der Waals surface area contributed by atoms with Gasteiger partial charge in [-0.3, -0.25) is 4.55 Å². The number of hydrogen-bond acceptors (Lipinski definition) is 5. The van der Waals surface area contributed by atoms with E-state index in [1.54, 1.807) is 0 Å². The second-order valence-corrected chi connectivity index (χ2v) is 1.58. The van der Waals surface area contributed by atoms with E-state index in [1.807, 2.05) is 0 Å². The second-order valence-electron chi connectivity index (χ2n) is 0.577. The largest absolute Gasteiger partial charge is 2.00 e. The molecule has 8 heavy (non-hydrogen) atoms. The van der Waals surface area contributed by atoms with Crippen LogP contribution in [0.1, 0.15) is 2.85 Å². The molecule has 1 N–H and O–H groups in total. The summed E-state index contributed by atoms with van der Waals surface area (Å²) in [7, 11) is -4.65. The minimum atomic E-state index is -4.65. The quantitative estimate of drug-likeness (QED) is 0.246. The van der Waals surface area contributed by atoms with E-state index in [0.717, 1.165) is 0 Å². The predicted molar refractivity (Wildman–Crippen MR) is 26.4 cm³/mol. The first kappa shape index (κ1) is 11.0. The van der Waals surface area contributed by atoms with Gasteiger partial charge >= 0.3 is 33.5 Å². The van der Waals surface area contributed by atoms with Crippen LogP contribution in [-0.4, -0.2) is 36.0 Å². The van der Waals surface area contributed by atoms with Crippen LogP contribution in [0.5, 0.6) is 0 Å². The van der Waals surface area contributed by atoms with Crippen molar-refractivity contribution in [3.05, 3.63) is 4.91 Å². The molecule has 0 amide bonds. The third-order valence-electron chi connectivity index (χ3n) is 0.125. The molecule has 0 aliphatic heterocycles. The van der Waals surface area contributed by atoms with Gasteiger partial charge in [-0.15, -0.1) is 4.91 Å². The Bertz CT molecular complexity index is 153. The Morgan fingerprint density at radius 3 is 2.00 bits per heavy atom. The van der Waals surface area contributed by atoms with Gasteiger partial charge in [-0.2, -0.15) is 8.42 Å². The fraction of sp³-hybridized carbons (Fsp3) is 0. The first-order valence-corrected chi connectivity index (χ1v) is 2.41. The van der Waals surface area contributed by atoms with E-state index in [1.165, 1.54) is 5.34 Å². The maximum absolute atomic E-state index is 9.27. The van der Waals surface area contributed by atoms with Crippen LogP contribution in [0.25, 0.3) is 0 Å². The molecule has 6 nitrogen and oxygen atoms in total. The van der Waals surface area contributed by atoms with Crippen LogP contribution in [0, 0.1) is 4.91 Å². The monoisotopic (exact) mass is 153 g/mol. The van der Waals surface area contributed by atoms with Crippen molar-refractivity contribution in [2.45, 2.75) is 0 Å². The normalized spacial score (nSPS) is 9.12. The van der Waals surface area contributed by atoms with Crippen molar-refractivity contribution in [1.29, 1.82) is 0 Å². The van der Waals surface area contributed by atoms with Gasteiger partial charge in [0.25, 0.3) is 0 Å². The van der Waals surface area contributed by atoms with Crippen LogP contribution in [0.3, 0.4) is 0 Å². The maximum atomic E-state index is 9.27. The van der Waals surface area contributed by atoms with E-state index in [9.17, 15) is 8.42 Å². The summed E-state index contributed by atoms with van der Waals surface area (Å²) >= 11 is 0. The molecule has 0 atom stereocenters. The predicted octanol–water partition coefficient (Wildman–Crippen LogP) is -0.669. The van der Waals surface area contributed by atoms with Crippen molar-refractivity contribution >= 4 is 33.5 Å².